The van der Waals surface area contributed by atoms with Gasteiger partial charge in [-0.15, -0.1) is 36.6 Å². The van der Waals surface area contributed by atoms with E-state index in [0.29, 0.717) is 18.5 Å². The minimum atomic E-state index is -4.85. The van der Waals surface area contributed by atoms with Crippen LogP contribution >= 0.6 is 12.2 Å². The fourth-order valence-electron chi connectivity index (χ4n) is 3.66. The Bertz CT molecular complexity index is 1280. The molecule has 0 fully saturated rings. The van der Waals surface area contributed by atoms with Crippen molar-refractivity contribution in [3.8, 4) is 11.6 Å². The van der Waals surface area contributed by atoms with Crippen molar-refractivity contribution in [2.24, 2.45) is 10.2 Å². The maximum absolute atomic E-state index is 12.8. The number of rotatable bonds is 7. The zero-order valence-corrected chi connectivity index (χ0v) is 22.6. The Labute approximate surface area is 226 Å². The summed E-state index contributed by atoms with van der Waals surface area (Å²) < 4.78 is 44.2. The van der Waals surface area contributed by atoms with E-state index in [1.165, 1.54) is 18.2 Å². The molecule has 0 aliphatic heterocycles. The summed E-state index contributed by atoms with van der Waals surface area (Å²) in [5, 5.41) is 22.6. The summed E-state index contributed by atoms with van der Waals surface area (Å²) in [7, 11) is 0. The number of ether oxygens (including phenoxy) is 1. The van der Waals surface area contributed by atoms with Gasteiger partial charge in [-0.1, -0.05) is 42.4 Å². The van der Waals surface area contributed by atoms with Crippen LogP contribution in [0.5, 0.6) is 11.6 Å². The molecule has 0 saturated carbocycles. The summed E-state index contributed by atoms with van der Waals surface area (Å²) in [6, 6.07) is 3.85. The van der Waals surface area contributed by atoms with Crippen molar-refractivity contribution in [2.75, 3.05) is 0 Å². The van der Waals surface area contributed by atoms with E-state index < -0.39 is 12.1 Å². The molecule has 0 saturated heterocycles. The third kappa shape index (κ3) is 9.02. The summed E-state index contributed by atoms with van der Waals surface area (Å²) in [6.45, 7) is 12.3. The highest BCUT2D eigenvalue weighted by atomic mass is 32.1. The first-order valence-electron chi connectivity index (χ1n) is 12.1. The molecule has 0 atom stereocenters. The van der Waals surface area contributed by atoms with Gasteiger partial charge in [-0.25, -0.2) is 0 Å². The fraction of sp³-hybridized carbons (Fsp3) is 0.321. The minimum absolute atomic E-state index is 0.00850. The second-order valence-electron chi connectivity index (χ2n) is 8.55. The summed E-state index contributed by atoms with van der Waals surface area (Å²) in [4.78, 5) is 0. The van der Waals surface area contributed by atoms with Gasteiger partial charge in [0.05, 0.1) is 5.52 Å². The van der Waals surface area contributed by atoms with Crippen LogP contribution in [0.4, 0.5) is 18.9 Å². The molecule has 204 valence electrons. The number of azo groups is 1. The van der Waals surface area contributed by atoms with Crippen molar-refractivity contribution in [3.63, 3.8) is 0 Å². The lowest BCUT2D eigenvalue weighted by Gasteiger charge is -2.11. The zero-order valence-electron chi connectivity index (χ0n) is 21.8. The number of allylic oxidation sites excluding steroid dienone is 8. The van der Waals surface area contributed by atoms with E-state index in [2.05, 4.69) is 39.5 Å². The van der Waals surface area contributed by atoms with Gasteiger partial charge in [0.25, 0.3) is 0 Å². The van der Waals surface area contributed by atoms with Gasteiger partial charge in [-0.2, -0.15) is 0 Å². The molecule has 2 aromatic rings. The molecule has 2 N–H and O–H groups in total. The Morgan fingerprint density at radius 2 is 2.00 bits per heavy atom. The fourth-order valence-corrected chi connectivity index (χ4v) is 3.84. The first-order chi connectivity index (χ1) is 18.1. The van der Waals surface area contributed by atoms with Crippen LogP contribution in [0, 0.1) is 0 Å². The number of hydrogen-bond donors (Lipinski definition) is 2. The van der Waals surface area contributed by atoms with E-state index in [1.54, 1.807) is 4.57 Å². The van der Waals surface area contributed by atoms with Crippen molar-refractivity contribution < 1.29 is 23.0 Å². The number of aromatic hydroxyl groups is 1. The van der Waals surface area contributed by atoms with Crippen LogP contribution in [0.2, 0.25) is 0 Å². The van der Waals surface area contributed by atoms with Crippen LogP contribution in [0.1, 0.15) is 46.5 Å². The number of hydrogen-bond acceptors (Lipinski definition) is 4. The molecule has 10 heteroatoms. The van der Waals surface area contributed by atoms with Crippen molar-refractivity contribution in [1.82, 2.24) is 9.88 Å². The molecule has 0 unspecified atom stereocenters. The Kier molecular flexibility index (Phi) is 11.5. The summed E-state index contributed by atoms with van der Waals surface area (Å²) in [6.07, 6.45) is 8.43. The molecular weight excluding hydrogens is 513 g/mol. The summed E-state index contributed by atoms with van der Waals surface area (Å²) >= 11 is 5.28. The van der Waals surface area contributed by atoms with Crippen molar-refractivity contribution in [1.29, 1.82) is 0 Å². The molecule has 1 aliphatic rings. The number of alkyl halides is 3. The quantitative estimate of drug-likeness (QED) is 0.157. The van der Waals surface area contributed by atoms with E-state index in [-0.39, 0.29) is 22.1 Å². The third-order valence-electron chi connectivity index (χ3n) is 5.44. The molecule has 0 spiro atoms. The lowest BCUT2D eigenvalue weighted by Crippen LogP contribution is -2.18. The van der Waals surface area contributed by atoms with E-state index in [1.807, 2.05) is 45.1 Å². The van der Waals surface area contributed by atoms with E-state index in [9.17, 15) is 18.3 Å². The minimum Gasteiger partial charge on any atom is -0.493 e. The molecule has 1 aromatic carbocycles. The molecule has 1 aromatic heterocycles. The smallest absolute Gasteiger partial charge is 0.493 e. The second-order valence-corrected chi connectivity index (χ2v) is 8.94. The second kappa shape index (κ2) is 14.3. The number of halogens is 3. The number of aromatic nitrogens is 1. The van der Waals surface area contributed by atoms with Gasteiger partial charge in [-0.05, 0) is 76.0 Å². The first-order valence-corrected chi connectivity index (χ1v) is 12.5. The Hall–Kier alpha value is -3.66. The largest absolute Gasteiger partial charge is 0.573 e. The molecule has 6 nitrogen and oxygen atoms in total. The van der Waals surface area contributed by atoms with E-state index >= 15 is 0 Å². The maximum atomic E-state index is 12.8. The van der Waals surface area contributed by atoms with Gasteiger partial charge in [0, 0.05) is 17.6 Å². The molecule has 0 radical (unpaired) electrons. The maximum Gasteiger partial charge on any atom is 0.573 e. The van der Waals surface area contributed by atoms with Crippen LogP contribution in [-0.2, 0) is 6.54 Å². The average Bonchev–Trinajstić information content (AvgIpc) is 3.00. The third-order valence-corrected chi connectivity index (χ3v) is 5.63. The van der Waals surface area contributed by atoms with Crippen molar-refractivity contribution >= 4 is 33.9 Å². The number of nitrogens with one attached hydrogen (secondary N) is 1. The summed E-state index contributed by atoms with van der Waals surface area (Å²) in [5.74, 6) is -0.649. The normalized spacial score (nSPS) is 13.9. The van der Waals surface area contributed by atoms with Gasteiger partial charge in [0.2, 0.25) is 11.0 Å². The first kappa shape index (κ1) is 30.6. The predicted molar refractivity (Wildman–Crippen MR) is 151 cm³/mol. The number of benzene rings is 1. The van der Waals surface area contributed by atoms with Crippen LogP contribution in [0.15, 0.2) is 88.8 Å². The lowest BCUT2D eigenvalue weighted by atomic mass is 10.1. The number of thiocarbonyl (C=S) groups is 1. The number of nitrogens with zero attached hydrogens (tertiary/aromatic N) is 3. The predicted octanol–water partition coefficient (Wildman–Crippen LogP) is 8.93. The van der Waals surface area contributed by atoms with Gasteiger partial charge in [-0.3, -0.25) is 0 Å². The molecule has 38 heavy (non-hydrogen) atoms. The monoisotopic (exact) mass is 546 g/mol. The van der Waals surface area contributed by atoms with Crippen LogP contribution in [0.25, 0.3) is 10.9 Å². The Morgan fingerprint density at radius 1 is 1.26 bits per heavy atom. The van der Waals surface area contributed by atoms with Crippen LogP contribution in [-0.4, -0.2) is 21.1 Å². The Morgan fingerprint density at radius 3 is 2.66 bits per heavy atom. The molecule has 0 bridgehead atoms. The molecule has 3 rings (SSSR count). The van der Waals surface area contributed by atoms with Crippen molar-refractivity contribution in [2.45, 2.75) is 59.4 Å². The highest BCUT2D eigenvalue weighted by Crippen LogP contribution is 2.41. The molecule has 1 heterocycles. The standard InChI is InChI=1S/C26H29F3N4O2S.C2H4/c1-4-18(12-11-17(2)3)16-33-22-14-13-20(35-26(27,28)29)15-21(22)23(24(33)34)31-32-25(36)30-19-9-7-5-6-8-10-19;1-2/h5,7,9,11-15,34H,4,6,8,10,16H2,1-3H3,(H,30,36);1-2H2/b18-12+,32-31?;. The topological polar surface area (TPSA) is 71.1 Å². The average molecular weight is 547 g/mol. The lowest BCUT2D eigenvalue weighted by molar-refractivity contribution is -0.274. The molecule has 0 amide bonds. The van der Waals surface area contributed by atoms with Crippen LogP contribution in [0.3, 0.4) is 0 Å². The molecular formula is C28H33F3N4O2S. The highest BCUT2D eigenvalue weighted by molar-refractivity contribution is 7.80. The highest BCUT2D eigenvalue weighted by Gasteiger charge is 2.31. The SMILES string of the molecule is C=C.CC/C(=C\C=C(C)C)Cn1c(O)c(N=NC(=S)NC2=CC=CCCC2)c2cc(OC(F)(F)F)ccc21. The van der Waals surface area contributed by atoms with E-state index in [4.69, 9.17) is 12.2 Å². The zero-order chi connectivity index (χ0) is 28.3. The Balaban J connectivity index is 0.00000247. The van der Waals surface area contributed by atoms with Gasteiger partial charge in [0.15, 0.2) is 5.69 Å². The van der Waals surface area contributed by atoms with Gasteiger partial charge >= 0.3 is 6.36 Å². The van der Waals surface area contributed by atoms with E-state index in [0.717, 1.165) is 36.1 Å². The van der Waals surface area contributed by atoms with Gasteiger partial charge < -0.3 is 19.7 Å². The van der Waals surface area contributed by atoms with Crippen LogP contribution < -0.4 is 10.1 Å². The van der Waals surface area contributed by atoms with Crippen molar-refractivity contribution in [3.05, 3.63) is 78.6 Å². The summed E-state index contributed by atoms with van der Waals surface area (Å²) in [5.41, 5.74) is 3.51. The van der Waals surface area contributed by atoms with Gasteiger partial charge in [0.1, 0.15) is 5.75 Å². The number of fused-ring (bicyclic) bond motifs is 1. The molecule has 1 aliphatic carbocycles.